The monoisotopic (exact) mass is 1100 g/mol. The lowest BCUT2D eigenvalue weighted by molar-refractivity contribution is -0.347. The third-order valence-corrected chi connectivity index (χ3v) is 21.1. The second-order valence-electron chi connectivity index (χ2n) is 26.6. The summed E-state index contributed by atoms with van der Waals surface area (Å²) in [7, 11) is 0. The van der Waals surface area contributed by atoms with E-state index in [0.717, 1.165) is 43.3 Å². The molecule has 16 fully saturated rings. The highest BCUT2D eigenvalue weighted by Gasteiger charge is 2.66. The maximum atomic E-state index is 14.5. The van der Waals surface area contributed by atoms with Gasteiger partial charge in [0.2, 0.25) is 0 Å². The fourth-order valence-corrected chi connectivity index (χ4v) is 17.3. The average Bonchev–Trinajstić information content (AvgIpc) is 4.39. The quantitative estimate of drug-likeness (QED) is 0.262. The number of hydrogen-bond donors (Lipinski definition) is 3. The lowest BCUT2D eigenvalue weighted by atomic mass is 9.79. The molecule has 19 nitrogen and oxygen atoms in total. The molecule has 16 aliphatic rings. The number of fused-ring (bicyclic) bond motifs is 6. The molecule has 16 saturated heterocycles. The van der Waals surface area contributed by atoms with Gasteiger partial charge in [0.25, 0.3) is 0 Å². The zero-order valence-electron chi connectivity index (χ0n) is 46.0. The predicted molar refractivity (Wildman–Crippen MR) is 272 cm³/mol. The van der Waals surface area contributed by atoms with Gasteiger partial charge in [-0.25, -0.2) is 0 Å². The molecule has 2 spiro atoms. The molecule has 16 aliphatic heterocycles. The number of aliphatic hydroxyl groups is 3. The standard InChI is InChI=1S/C59H86O19/c1-26-13-33-7-9-37-27(2)14-35(66-37)11-12-64-53-47-25-65-55-54-38(70-56(53)57(55)73-47)10-8-34(68-54)16-48(63)74-52-31(6)51-43(69-42(52)17-39(67-33)30(26)5)19-41-45(72-51)22-59(75-41)23-46-50(78-59)29(4)21-58(77-46)20-28(3)49-44(76-58)18-40(71-49)36(62)15-32(61)24-60/h26,28-29,31-47,49-57,60-62H,2,5,7-25H2,1,3-4,6H3/t26-,28+,29+,31+,32-,33+,34-,35+,36+,37+,38+,39-,40+,41-,42+,43+,44+,45-,46+,47+,49+,50+,51+,52-,53-,54+,55+,56+,57+,58-,59+/m1/s1. The number of hydrogen-bond acceptors (Lipinski definition) is 19. The van der Waals surface area contributed by atoms with Crippen LogP contribution in [0.3, 0.4) is 0 Å². The van der Waals surface area contributed by atoms with Crippen molar-refractivity contribution in [3.8, 4) is 0 Å². The van der Waals surface area contributed by atoms with Gasteiger partial charge in [-0.05, 0) is 73.8 Å². The van der Waals surface area contributed by atoms with Gasteiger partial charge >= 0.3 is 5.97 Å². The van der Waals surface area contributed by atoms with Crippen molar-refractivity contribution in [2.75, 3.05) is 19.8 Å². The second kappa shape index (κ2) is 21.1. The van der Waals surface area contributed by atoms with Gasteiger partial charge in [0.15, 0.2) is 11.6 Å². The van der Waals surface area contributed by atoms with E-state index in [1.165, 1.54) is 0 Å². The molecule has 3 N–H and O–H groups in total. The number of carbonyl (C=O) groups excluding carboxylic acids is 1. The smallest absolute Gasteiger partial charge is 0.308 e. The van der Waals surface area contributed by atoms with Gasteiger partial charge in [0.1, 0.15) is 42.7 Å². The van der Waals surface area contributed by atoms with Crippen molar-refractivity contribution in [1.82, 2.24) is 0 Å². The maximum absolute atomic E-state index is 14.5. The van der Waals surface area contributed by atoms with Gasteiger partial charge in [-0.15, -0.1) is 0 Å². The van der Waals surface area contributed by atoms with Crippen molar-refractivity contribution >= 4 is 5.97 Å². The van der Waals surface area contributed by atoms with Crippen LogP contribution in [0.2, 0.25) is 0 Å². The first-order valence-corrected chi connectivity index (χ1v) is 30.3. The largest absolute Gasteiger partial charge is 0.459 e. The Balaban J connectivity index is 0.677. The Kier molecular flexibility index (Phi) is 14.7. The van der Waals surface area contributed by atoms with Crippen LogP contribution >= 0.6 is 0 Å². The summed E-state index contributed by atoms with van der Waals surface area (Å²) in [5, 5.41) is 30.3. The third-order valence-electron chi connectivity index (χ3n) is 21.1. The molecule has 436 valence electrons. The molecule has 0 radical (unpaired) electrons. The van der Waals surface area contributed by atoms with Crippen molar-refractivity contribution in [3.05, 3.63) is 24.3 Å². The Morgan fingerprint density at radius 1 is 0.538 bits per heavy atom. The van der Waals surface area contributed by atoms with Crippen molar-refractivity contribution in [2.24, 2.45) is 23.7 Å². The molecule has 78 heavy (non-hydrogen) atoms. The zero-order chi connectivity index (χ0) is 53.5. The Labute approximate surface area is 458 Å². The molecule has 0 saturated carbocycles. The van der Waals surface area contributed by atoms with E-state index in [4.69, 9.17) is 71.1 Å². The topological polar surface area (TPSA) is 216 Å². The van der Waals surface area contributed by atoms with Crippen molar-refractivity contribution in [3.63, 3.8) is 0 Å². The summed E-state index contributed by atoms with van der Waals surface area (Å²) >= 11 is 0. The number of rotatable bonds is 4. The molecule has 0 aromatic heterocycles. The SMILES string of the molecule is C=C1C[C@@H]2CCO[C@H]3[C@@H]4O[C@H]5CC[C@H](CC(=O)O[C@@H]6[C@@H](C)[C@@H]7O[C@@H]8C[C@]9(C[C@@H]%10O[C@]%11(C[C@H](C)[C@@H]%12O[C@H]([C@@H](O)C[C@@H](O)CO)C[C@@H]%12O%11)C[C@H](C)[C@@H]%10O9)O[C@@H]8C[C@@H]7O[C@H]6C[C@H]6O[C@@H](CC[C@@H]1O2)C[C@@H](C)C6=C)O[C@@H]5[C@@H]1OC[C@@H]3O[C@@H]14. The first kappa shape index (κ1) is 54.2. The molecule has 16 rings (SSSR count). The van der Waals surface area contributed by atoms with E-state index in [1.807, 2.05) is 0 Å². The van der Waals surface area contributed by atoms with Crippen LogP contribution in [0.15, 0.2) is 24.3 Å². The van der Waals surface area contributed by atoms with Gasteiger partial charge in [0.05, 0.1) is 130 Å². The molecule has 0 aromatic rings. The molecular weight excluding hydrogens is 1010 g/mol. The minimum absolute atomic E-state index is 0.0182. The van der Waals surface area contributed by atoms with Gasteiger partial charge in [0, 0.05) is 63.9 Å². The van der Waals surface area contributed by atoms with Crippen molar-refractivity contribution in [2.45, 2.75) is 295 Å². The lowest BCUT2D eigenvalue weighted by Gasteiger charge is -2.50. The second-order valence-corrected chi connectivity index (χ2v) is 26.6. The number of ether oxygens (including phenoxy) is 15. The Bertz CT molecular complexity index is 2240. The van der Waals surface area contributed by atoms with Gasteiger partial charge in [-0.3, -0.25) is 4.79 Å². The van der Waals surface area contributed by atoms with E-state index in [9.17, 15) is 20.1 Å². The number of esters is 1. The van der Waals surface area contributed by atoms with Gasteiger partial charge in [-0.2, -0.15) is 0 Å². The fraction of sp³-hybridized carbons (Fsp3) is 0.915. The summed E-state index contributed by atoms with van der Waals surface area (Å²) in [6.07, 6.45) is 0.790. The van der Waals surface area contributed by atoms with Crippen molar-refractivity contribution < 1.29 is 91.2 Å². The summed E-state index contributed by atoms with van der Waals surface area (Å²) < 4.78 is 102. The van der Waals surface area contributed by atoms with Gasteiger partial charge < -0.3 is 86.4 Å². The van der Waals surface area contributed by atoms with Crippen LogP contribution in [-0.2, 0) is 75.8 Å². The van der Waals surface area contributed by atoms with Crippen LogP contribution in [-0.4, -0.2) is 205 Å². The molecule has 0 aliphatic carbocycles. The Morgan fingerprint density at radius 2 is 1.24 bits per heavy atom. The van der Waals surface area contributed by atoms with Crippen molar-refractivity contribution in [1.29, 1.82) is 0 Å². The Hall–Kier alpha value is -1.73. The van der Waals surface area contributed by atoms with E-state index in [1.54, 1.807) is 0 Å². The van der Waals surface area contributed by atoms with Crippen LogP contribution in [0.5, 0.6) is 0 Å². The summed E-state index contributed by atoms with van der Waals surface area (Å²) in [6, 6.07) is 0. The van der Waals surface area contributed by atoms with Crippen LogP contribution in [0.4, 0.5) is 0 Å². The first-order valence-electron chi connectivity index (χ1n) is 30.3. The van der Waals surface area contributed by atoms with E-state index in [2.05, 4.69) is 40.9 Å². The third kappa shape index (κ3) is 9.84. The van der Waals surface area contributed by atoms with E-state index >= 15 is 0 Å². The summed E-state index contributed by atoms with van der Waals surface area (Å²) in [5.41, 5.74) is 2.14. The lowest BCUT2D eigenvalue weighted by Crippen LogP contribution is -2.62. The molecule has 19 heteroatoms. The molecule has 0 unspecified atom stereocenters. The average molecular weight is 1100 g/mol. The molecule has 0 amide bonds. The molecule has 16 heterocycles. The van der Waals surface area contributed by atoms with E-state index < -0.39 is 48.7 Å². The maximum Gasteiger partial charge on any atom is 0.308 e. The van der Waals surface area contributed by atoms with Gasteiger partial charge in [-0.1, -0.05) is 40.9 Å². The molecule has 31 atom stereocenters. The predicted octanol–water partition coefficient (Wildman–Crippen LogP) is 4.44. The zero-order valence-corrected chi connectivity index (χ0v) is 46.0. The highest BCUT2D eigenvalue weighted by Crippen LogP contribution is 2.56. The summed E-state index contributed by atoms with van der Waals surface area (Å²) in [4.78, 5) is 14.5. The van der Waals surface area contributed by atoms with E-state index in [0.29, 0.717) is 71.0 Å². The summed E-state index contributed by atoms with van der Waals surface area (Å²) in [5.74, 6) is -1.94. The minimum Gasteiger partial charge on any atom is -0.459 e. The first-order chi connectivity index (χ1) is 37.6. The highest BCUT2D eigenvalue weighted by atomic mass is 16.8. The summed E-state index contributed by atoms with van der Waals surface area (Å²) in [6.45, 7) is 18.3. The number of aliphatic hydroxyl groups excluding tert-OH is 3. The van der Waals surface area contributed by atoms with Crippen LogP contribution < -0.4 is 0 Å². The van der Waals surface area contributed by atoms with Crippen LogP contribution in [0.1, 0.15) is 130 Å². The van der Waals surface area contributed by atoms with Crippen LogP contribution in [0, 0.1) is 23.7 Å². The highest BCUT2D eigenvalue weighted by molar-refractivity contribution is 5.70. The molecular formula is C59H86O19. The molecule has 11 bridgehead atoms. The molecule has 0 aromatic carbocycles. The minimum atomic E-state index is -1.02. The van der Waals surface area contributed by atoms with Crippen LogP contribution in [0.25, 0.3) is 0 Å². The normalized spacial score (nSPS) is 55.5. The Morgan fingerprint density at radius 3 is 2.09 bits per heavy atom. The fourth-order valence-electron chi connectivity index (χ4n) is 17.3. The number of carbonyl (C=O) groups is 1. The van der Waals surface area contributed by atoms with E-state index in [-0.39, 0.29) is 165 Å².